The lowest BCUT2D eigenvalue weighted by molar-refractivity contribution is -0.136. The van der Waals surface area contributed by atoms with Crippen molar-refractivity contribution in [3.05, 3.63) is 63.9 Å². The summed E-state index contributed by atoms with van der Waals surface area (Å²) in [6.45, 7) is 3.89. The van der Waals surface area contributed by atoms with E-state index in [-0.39, 0.29) is 30.1 Å². The Bertz CT molecular complexity index is 836. The molecule has 136 valence electrons. The number of benzene rings is 2. The highest BCUT2D eigenvalue weighted by atomic mass is 79.9. The molecule has 2 aromatic carbocycles. The maximum Gasteiger partial charge on any atom is 0.244 e. The Morgan fingerprint density at radius 3 is 2.62 bits per heavy atom. The van der Waals surface area contributed by atoms with E-state index in [9.17, 15) is 14.0 Å². The monoisotopic (exact) mass is 418 g/mol. The molecular formula is C20H20BrFN2O2. The number of hydrogen-bond acceptors (Lipinski definition) is 2. The fourth-order valence-electron chi connectivity index (χ4n) is 3.18. The van der Waals surface area contributed by atoms with Crippen molar-refractivity contribution < 1.29 is 14.0 Å². The molecule has 0 radical (unpaired) electrons. The van der Waals surface area contributed by atoms with Gasteiger partial charge in [0.1, 0.15) is 12.4 Å². The molecule has 6 heteroatoms. The average Bonchev–Trinajstić information content (AvgIpc) is 2.71. The van der Waals surface area contributed by atoms with Gasteiger partial charge in [0.05, 0.1) is 6.04 Å². The van der Waals surface area contributed by atoms with Crippen molar-refractivity contribution >= 4 is 33.4 Å². The molecule has 1 atom stereocenters. The summed E-state index contributed by atoms with van der Waals surface area (Å²) in [5.74, 6) is -0.511. The Morgan fingerprint density at radius 1 is 1.27 bits per heavy atom. The van der Waals surface area contributed by atoms with Gasteiger partial charge in [0, 0.05) is 22.1 Å². The Kier molecular flexibility index (Phi) is 5.41. The predicted octanol–water partition coefficient (Wildman–Crippen LogP) is 4.50. The molecule has 0 saturated carbocycles. The number of carbonyl (C=O) groups is 2. The standard InChI is InChI=1S/C20H20BrFN2O2/c1-12(2)9-19(26)24-11-18(25)23-17-8-5-14(21)10-16(17)20(24)13-3-6-15(22)7-4-13/h3-8,10,12,20H,9,11H2,1-2H3,(H,23,25)/t20-/m0/s1. The van der Waals surface area contributed by atoms with Gasteiger partial charge in [0.25, 0.3) is 0 Å². The maximum atomic E-state index is 13.4. The summed E-state index contributed by atoms with van der Waals surface area (Å²) in [4.78, 5) is 26.9. The van der Waals surface area contributed by atoms with Gasteiger partial charge >= 0.3 is 0 Å². The van der Waals surface area contributed by atoms with E-state index < -0.39 is 6.04 Å². The first-order chi connectivity index (χ1) is 12.3. The Morgan fingerprint density at radius 2 is 1.96 bits per heavy atom. The molecule has 0 fully saturated rings. The highest BCUT2D eigenvalue weighted by Crippen LogP contribution is 2.37. The Labute approximate surface area is 160 Å². The van der Waals surface area contributed by atoms with Crippen LogP contribution in [0.4, 0.5) is 10.1 Å². The van der Waals surface area contributed by atoms with E-state index in [4.69, 9.17) is 0 Å². The normalized spacial score (nSPS) is 16.9. The lowest BCUT2D eigenvalue weighted by Crippen LogP contribution is -2.39. The van der Waals surface area contributed by atoms with Crippen LogP contribution in [-0.4, -0.2) is 23.3 Å². The zero-order valence-electron chi connectivity index (χ0n) is 14.6. The van der Waals surface area contributed by atoms with Gasteiger partial charge in [-0.2, -0.15) is 0 Å². The minimum atomic E-state index is -0.465. The SMILES string of the molecule is CC(C)CC(=O)N1CC(=O)Nc2ccc(Br)cc2[C@@H]1c1ccc(F)cc1. The van der Waals surface area contributed by atoms with Crippen LogP contribution in [-0.2, 0) is 9.59 Å². The summed E-state index contributed by atoms with van der Waals surface area (Å²) in [5, 5.41) is 2.87. The van der Waals surface area contributed by atoms with Gasteiger partial charge in [-0.05, 0) is 41.8 Å². The first-order valence-corrected chi connectivity index (χ1v) is 9.28. The van der Waals surface area contributed by atoms with Crippen molar-refractivity contribution in [2.24, 2.45) is 5.92 Å². The summed E-state index contributed by atoms with van der Waals surface area (Å²) >= 11 is 3.46. The second kappa shape index (κ2) is 7.58. The maximum absolute atomic E-state index is 13.4. The smallest absolute Gasteiger partial charge is 0.244 e. The highest BCUT2D eigenvalue weighted by molar-refractivity contribution is 9.10. The summed E-state index contributed by atoms with van der Waals surface area (Å²) in [7, 11) is 0. The zero-order chi connectivity index (χ0) is 18.8. The van der Waals surface area contributed by atoms with Crippen LogP contribution in [0, 0.1) is 11.7 Å². The van der Waals surface area contributed by atoms with Crippen LogP contribution in [0.25, 0.3) is 0 Å². The predicted molar refractivity (Wildman–Crippen MR) is 102 cm³/mol. The second-order valence-electron chi connectivity index (χ2n) is 6.85. The van der Waals surface area contributed by atoms with Crippen LogP contribution in [0.15, 0.2) is 46.9 Å². The van der Waals surface area contributed by atoms with Crippen molar-refractivity contribution in [3.63, 3.8) is 0 Å². The number of amides is 2. The molecule has 0 unspecified atom stereocenters. The number of hydrogen-bond donors (Lipinski definition) is 1. The lowest BCUT2D eigenvalue weighted by atomic mass is 9.95. The molecule has 1 aliphatic heterocycles. The third-order valence-corrected chi connectivity index (χ3v) is 4.79. The topological polar surface area (TPSA) is 49.4 Å². The molecular weight excluding hydrogens is 399 g/mol. The molecule has 0 aliphatic carbocycles. The first kappa shape index (κ1) is 18.6. The molecule has 0 bridgehead atoms. The van der Waals surface area contributed by atoms with Crippen molar-refractivity contribution in [3.8, 4) is 0 Å². The van der Waals surface area contributed by atoms with Crippen LogP contribution in [0.5, 0.6) is 0 Å². The molecule has 26 heavy (non-hydrogen) atoms. The van der Waals surface area contributed by atoms with Crippen molar-refractivity contribution in [1.29, 1.82) is 0 Å². The van der Waals surface area contributed by atoms with Crippen LogP contribution in [0.3, 0.4) is 0 Å². The molecule has 0 saturated heterocycles. The number of fused-ring (bicyclic) bond motifs is 1. The van der Waals surface area contributed by atoms with Crippen molar-refractivity contribution in [2.75, 3.05) is 11.9 Å². The Balaban J connectivity index is 2.16. The minimum Gasteiger partial charge on any atom is -0.324 e. The van der Waals surface area contributed by atoms with Gasteiger partial charge < -0.3 is 10.2 Å². The first-order valence-electron chi connectivity index (χ1n) is 8.49. The molecule has 1 N–H and O–H groups in total. The fourth-order valence-corrected chi connectivity index (χ4v) is 3.56. The summed E-state index contributed by atoms with van der Waals surface area (Å²) < 4.78 is 14.3. The molecule has 1 aliphatic rings. The molecule has 1 heterocycles. The van der Waals surface area contributed by atoms with E-state index in [1.54, 1.807) is 17.0 Å². The van der Waals surface area contributed by atoms with Gasteiger partial charge in [0.2, 0.25) is 11.8 Å². The van der Waals surface area contributed by atoms with Crippen molar-refractivity contribution in [2.45, 2.75) is 26.3 Å². The van der Waals surface area contributed by atoms with Gasteiger partial charge in [0.15, 0.2) is 0 Å². The molecule has 2 aromatic rings. The summed E-state index contributed by atoms with van der Waals surface area (Å²) in [6, 6.07) is 11.2. The van der Waals surface area contributed by atoms with E-state index in [1.165, 1.54) is 12.1 Å². The number of anilines is 1. The van der Waals surface area contributed by atoms with Crippen molar-refractivity contribution in [1.82, 2.24) is 4.90 Å². The van der Waals surface area contributed by atoms with E-state index >= 15 is 0 Å². The van der Waals surface area contributed by atoms with Gasteiger partial charge in [-0.15, -0.1) is 0 Å². The lowest BCUT2D eigenvalue weighted by Gasteiger charge is -2.31. The quantitative estimate of drug-likeness (QED) is 0.797. The molecule has 4 nitrogen and oxygen atoms in total. The minimum absolute atomic E-state index is 0.0418. The van der Waals surface area contributed by atoms with Crippen LogP contribution >= 0.6 is 15.9 Å². The van der Waals surface area contributed by atoms with Gasteiger partial charge in [-0.25, -0.2) is 4.39 Å². The largest absolute Gasteiger partial charge is 0.324 e. The fraction of sp³-hybridized carbons (Fsp3) is 0.300. The summed E-state index contributed by atoms with van der Waals surface area (Å²) in [5.41, 5.74) is 2.22. The van der Waals surface area contributed by atoms with Crippen LogP contribution in [0.1, 0.15) is 37.4 Å². The highest BCUT2D eigenvalue weighted by Gasteiger charge is 2.33. The van der Waals surface area contributed by atoms with Gasteiger partial charge in [-0.1, -0.05) is 41.9 Å². The number of rotatable bonds is 3. The molecule has 2 amide bonds. The third kappa shape index (κ3) is 3.96. The van der Waals surface area contributed by atoms with Crippen LogP contribution in [0.2, 0.25) is 0 Å². The molecule has 0 aromatic heterocycles. The van der Waals surface area contributed by atoms with Crippen LogP contribution < -0.4 is 5.32 Å². The Hall–Kier alpha value is -2.21. The molecule has 0 spiro atoms. The average molecular weight is 419 g/mol. The van der Waals surface area contributed by atoms with E-state index in [2.05, 4.69) is 21.2 Å². The van der Waals surface area contributed by atoms with E-state index in [1.807, 2.05) is 32.0 Å². The third-order valence-electron chi connectivity index (χ3n) is 4.30. The van der Waals surface area contributed by atoms with Gasteiger partial charge in [-0.3, -0.25) is 9.59 Å². The molecule has 3 rings (SSSR count). The second-order valence-corrected chi connectivity index (χ2v) is 7.77. The van der Waals surface area contributed by atoms with E-state index in [0.29, 0.717) is 12.1 Å². The number of carbonyl (C=O) groups excluding carboxylic acids is 2. The summed E-state index contributed by atoms with van der Waals surface area (Å²) in [6.07, 6.45) is 0.342. The zero-order valence-corrected chi connectivity index (χ0v) is 16.2. The number of halogens is 2. The number of nitrogens with one attached hydrogen (secondary N) is 1. The van der Waals surface area contributed by atoms with E-state index in [0.717, 1.165) is 15.6 Å². The number of nitrogens with zero attached hydrogens (tertiary/aromatic N) is 1.